The fourth-order valence-corrected chi connectivity index (χ4v) is 8.42. The molecule has 3 rings (SSSR count). The molecule has 1 aliphatic carbocycles. The van der Waals surface area contributed by atoms with Crippen molar-refractivity contribution in [3.8, 4) is 0 Å². The Balaban J connectivity index is 1.82. The maximum atomic E-state index is 12.5. The van der Waals surface area contributed by atoms with Gasteiger partial charge in [0.05, 0.1) is 22.8 Å². The third-order valence-corrected chi connectivity index (χ3v) is 11.0. The van der Waals surface area contributed by atoms with E-state index in [1.54, 1.807) is 17.0 Å². The van der Waals surface area contributed by atoms with Crippen LogP contribution in [0.5, 0.6) is 0 Å². The van der Waals surface area contributed by atoms with Gasteiger partial charge in [-0.25, -0.2) is 8.42 Å². The molecular weight excluding hydrogens is 415 g/mol. The van der Waals surface area contributed by atoms with Gasteiger partial charge in [0.1, 0.15) is 0 Å². The predicted octanol–water partition coefficient (Wildman–Crippen LogP) is 3.75. The van der Waals surface area contributed by atoms with Crippen LogP contribution in [0.4, 0.5) is 0 Å². The van der Waals surface area contributed by atoms with Crippen LogP contribution in [0.15, 0.2) is 29.2 Å². The fourth-order valence-electron chi connectivity index (χ4n) is 4.43. The molecule has 1 N–H and O–H groups in total. The van der Waals surface area contributed by atoms with E-state index >= 15 is 0 Å². The standard InChI is InChI=1S/C21H37BN2O4SSi/c1-20(2)21(3,4)28-22(27-20)18-17(19(18)30(7,8)9)15-10-12-16(13-11-15)29(25,26)23-14-24(5)6/h10-13,17-19,23H,14H2,1-9H3. The molecule has 0 bridgehead atoms. The zero-order chi connectivity index (χ0) is 22.7. The molecule has 0 spiro atoms. The van der Waals surface area contributed by atoms with Gasteiger partial charge < -0.3 is 9.31 Å². The fraction of sp³-hybridized carbons (Fsp3) is 0.714. The lowest BCUT2D eigenvalue weighted by atomic mass is 9.79. The van der Waals surface area contributed by atoms with Gasteiger partial charge in [-0.1, -0.05) is 31.8 Å². The van der Waals surface area contributed by atoms with Crippen molar-refractivity contribution in [2.75, 3.05) is 20.8 Å². The van der Waals surface area contributed by atoms with Crippen molar-refractivity contribution < 1.29 is 17.7 Å². The highest BCUT2D eigenvalue weighted by Gasteiger charge is 2.67. The molecule has 2 aliphatic rings. The van der Waals surface area contributed by atoms with E-state index in [2.05, 4.69) is 52.1 Å². The van der Waals surface area contributed by atoms with Gasteiger partial charge in [-0.2, -0.15) is 4.72 Å². The maximum Gasteiger partial charge on any atom is 0.461 e. The lowest BCUT2D eigenvalue weighted by molar-refractivity contribution is 0.00578. The summed E-state index contributed by atoms with van der Waals surface area (Å²) in [6.45, 7) is 15.8. The highest BCUT2D eigenvalue weighted by Crippen LogP contribution is 2.71. The minimum atomic E-state index is -3.51. The molecule has 1 heterocycles. The van der Waals surface area contributed by atoms with Gasteiger partial charge in [-0.3, -0.25) is 4.90 Å². The number of nitrogens with one attached hydrogen (secondary N) is 1. The zero-order valence-corrected chi connectivity index (χ0v) is 21.6. The van der Waals surface area contributed by atoms with Crippen LogP contribution in [-0.4, -0.2) is 60.5 Å². The topological polar surface area (TPSA) is 67.9 Å². The number of rotatable bonds is 7. The van der Waals surface area contributed by atoms with Crippen LogP contribution < -0.4 is 4.72 Å². The second-order valence-corrected chi connectivity index (χ2v) is 18.2. The molecule has 6 nitrogen and oxygen atoms in total. The summed E-state index contributed by atoms with van der Waals surface area (Å²) in [6.07, 6.45) is 0. The molecular formula is C21H37BN2O4SSi. The first-order chi connectivity index (χ1) is 13.6. The molecule has 3 unspecified atom stereocenters. The van der Waals surface area contributed by atoms with Gasteiger partial charge >= 0.3 is 7.12 Å². The zero-order valence-electron chi connectivity index (χ0n) is 19.8. The number of hydrogen-bond acceptors (Lipinski definition) is 5. The number of benzene rings is 1. The Bertz CT molecular complexity index is 865. The van der Waals surface area contributed by atoms with E-state index in [0.717, 1.165) is 0 Å². The lowest BCUT2D eigenvalue weighted by Gasteiger charge is -2.32. The molecule has 30 heavy (non-hydrogen) atoms. The van der Waals surface area contributed by atoms with Gasteiger partial charge in [0, 0.05) is 13.9 Å². The molecule has 1 aliphatic heterocycles. The van der Waals surface area contributed by atoms with E-state index in [4.69, 9.17) is 9.31 Å². The highest BCUT2D eigenvalue weighted by atomic mass is 32.2. The number of hydrogen-bond donors (Lipinski definition) is 1. The molecule has 0 radical (unpaired) electrons. The van der Waals surface area contributed by atoms with Crippen LogP contribution in [-0.2, 0) is 19.3 Å². The smallest absolute Gasteiger partial charge is 0.403 e. The Morgan fingerprint density at radius 1 is 1.03 bits per heavy atom. The Kier molecular flexibility index (Phi) is 6.15. The normalized spacial score (nSPS) is 28.2. The van der Waals surface area contributed by atoms with Crippen LogP contribution in [0.2, 0.25) is 31.0 Å². The Morgan fingerprint density at radius 3 is 1.97 bits per heavy atom. The van der Waals surface area contributed by atoms with E-state index in [1.165, 1.54) is 5.56 Å². The highest BCUT2D eigenvalue weighted by molar-refractivity contribution is 7.89. The van der Waals surface area contributed by atoms with Crippen LogP contribution in [0.1, 0.15) is 39.2 Å². The SMILES string of the molecule is CN(C)CNS(=O)(=O)c1ccc(C2C(B3OC(C)(C)C(C)(C)O3)C2[Si](C)(C)C)cc1. The second kappa shape index (κ2) is 7.71. The Morgan fingerprint density at radius 2 is 1.53 bits per heavy atom. The molecule has 168 valence electrons. The van der Waals surface area contributed by atoms with Crippen LogP contribution in [0, 0.1) is 0 Å². The predicted molar refractivity (Wildman–Crippen MR) is 125 cm³/mol. The average molecular weight is 453 g/mol. The van der Waals surface area contributed by atoms with Crippen LogP contribution >= 0.6 is 0 Å². The van der Waals surface area contributed by atoms with Gasteiger partial charge in [0.2, 0.25) is 10.0 Å². The average Bonchev–Trinajstić information content (AvgIpc) is 3.30. The van der Waals surface area contributed by atoms with E-state index < -0.39 is 18.1 Å². The summed E-state index contributed by atoms with van der Waals surface area (Å²) < 4.78 is 40.4. The number of nitrogens with zero attached hydrogens (tertiary/aromatic N) is 1. The van der Waals surface area contributed by atoms with Gasteiger partial charge in [0.25, 0.3) is 0 Å². The summed E-state index contributed by atoms with van der Waals surface area (Å²) in [5.74, 6) is 0.657. The summed E-state index contributed by atoms with van der Waals surface area (Å²) in [5.41, 5.74) is 1.03. The van der Waals surface area contributed by atoms with Gasteiger partial charge in [0.15, 0.2) is 0 Å². The summed E-state index contributed by atoms with van der Waals surface area (Å²) in [7, 11) is -1.55. The van der Waals surface area contributed by atoms with Crippen molar-refractivity contribution >= 4 is 25.2 Å². The molecule has 2 fully saturated rings. The van der Waals surface area contributed by atoms with Crippen molar-refractivity contribution in [1.82, 2.24) is 9.62 Å². The lowest BCUT2D eigenvalue weighted by Crippen LogP contribution is -2.41. The first kappa shape index (κ1) is 23.9. The van der Waals surface area contributed by atoms with Crippen molar-refractivity contribution in [2.24, 2.45) is 0 Å². The summed E-state index contributed by atoms with van der Waals surface area (Å²) in [5, 5.41) is 0. The van der Waals surface area contributed by atoms with Crippen molar-refractivity contribution in [2.45, 2.75) is 80.7 Å². The largest absolute Gasteiger partial charge is 0.461 e. The van der Waals surface area contributed by atoms with E-state index in [0.29, 0.717) is 22.2 Å². The van der Waals surface area contributed by atoms with Crippen molar-refractivity contribution in [3.05, 3.63) is 29.8 Å². The third-order valence-electron chi connectivity index (χ3n) is 6.81. The molecule has 1 aromatic rings. The molecule has 0 amide bonds. The van der Waals surface area contributed by atoms with Crippen molar-refractivity contribution in [1.29, 1.82) is 0 Å². The molecule has 3 atom stereocenters. The molecule has 1 saturated heterocycles. The first-order valence-electron chi connectivity index (χ1n) is 10.7. The molecule has 0 aromatic heterocycles. The van der Waals surface area contributed by atoms with Crippen LogP contribution in [0.25, 0.3) is 0 Å². The second-order valence-electron chi connectivity index (χ2n) is 11.1. The van der Waals surface area contributed by atoms with E-state index in [-0.39, 0.29) is 25.0 Å². The van der Waals surface area contributed by atoms with Crippen molar-refractivity contribution in [3.63, 3.8) is 0 Å². The molecule has 9 heteroatoms. The van der Waals surface area contributed by atoms with Gasteiger partial charge in [-0.05, 0) is 70.9 Å². The number of sulfonamides is 1. The first-order valence-corrected chi connectivity index (χ1v) is 15.7. The van der Waals surface area contributed by atoms with E-state index in [1.807, 2.05) is 26.2 Å². The minimum absolute atomic E-state index is 0.220. The van der Waals surface area contributed by atoms with Gasteiger partial charge in [-0.15, -0.1) is 0 Å². The summed E-state index contributed by atoms with van der Waals surface area (Å²) in [6, 6.07) is 7.36. The maximum absolute atomic E-state index is 12.5. The summed E-state index contributed by atoms with van der Waals surface area (Å²) >= 11 is 0. The molecule has 1 aromatic carbocycles. The quantitative estimate of drug-likeness (QED) is 0.504. The minimum Gasteiger partial charge on any atom is -0.403 e. The summed E-state index contributed by atoms with van der Waals surface area (Å²) in [4.78, 5) is 2.08. The Hall–Kier alpha value is -0.708. The Labute approximate surface area is 183 Å². The van der Waals surface area contributed by atoms with E-state index in [9.17, 15) is 8.42 Å². The van der Waals surface area contributed by atoms with Crippen LogP contribution in [0.3, 0.4) is 0 Å². The monoisotopic (exact) mass is 452 g/mol. The molecule has 1 saturated carbocycles. The third kappa shape index (κ3) is 4.56.